The van der Waals surface area contributed by atoms with E-state index in [1.165, 1.54) is 25.7 Å². The highest BCUT2D eigenvalue weighted by Crippen LogP contribution is 2.20. The first-order chi connectivity index (χ1) is 10.1. The van der Waals surface area contributed by atoms with Gasteiger partial charge in [-0.1, -0.05) is 45.4 Å². The normalized spacial score (nSPS) is 14.6. The number of carboxylic acids is 1. The number of carboxylic acid groups (broad SMARTS) is 1. The van der Waals surface area contributed by atoms with Gasteiger partial charge < -0.3 is 14.7 Å². The summed E-state index contributed by atoms with van der Waals surface area (Å²) in [5.41, 5.74) is -1.76. The third kappa shape index (κ3) is 9.90. The topological polar surface area (TPSA) is 74.6 Å². The Morgan fingerprint density at radius 3 is 1.91 bits per heavy atom. The molecule has 0 aromatic rings. The summed E-state index contributed by atoms with van der Waals surface area (Å²) in [6.45, 7) is 2.30. The number of quaternary nitrogens is 1. The maximum atomic E-state index is 12.3. The van der Waals surface area contributed by atoms with Crippen molar-refractivity contribution in [2.45, 2.75) is 70.3 Å². The van der Waals surface area contributed by atoms with E-state index < -0.39 is 18.0 Å². The first kappa shape index (κ1) is 21.1. The number of nitrogens with zero attached hydrogens (tertiary/aromatic N) is 1. The summed E-state index contributed by atoms with van der Waals surface area (Å²) in [7, 11) is 5.52. The van der Waals surface area contributed by atoms with Gasteiger partial charge in [-0.2, -0.15) is 0 Å². The van der Waals surface area contributed by atoms with E-state index in [0.29, 0.717) is 4.48 Å². The lowest BCUT2D eigenvalue weighted by atomic mass is 9.89. The van der Waals surface area contributed by atoms with Crippen LogP contribution in [0.1, 0.15) is 64.7 Å². The average Bonchev–Trinajstić information content (AvgIpc) is 2.34. The fourth-order valence-corrected chi connectivity index (χ4v) is 2.75. The average molecular weight is 316 g/mol. The van der Waals surface area contributed by atoms with Crippen LogP contribution in [0.25, 0.3) is 0 Å². The van der Waals surface area contributed by atoms with Crippen molar-refractivity contribution in [2.75, 3.05) is 27.7 Å². The van der Waals surface area contributed by atoms with Crippen LogP contribution in [-0.2, 0) is 9.59 Å². The number of ketones is 1. The number of carbonyl (C=O) groups excluding carboxylic acids is 1. The Balaban J connectivity index is 4.31. The molecule has 0 bridgehead atoms. The highest BCUT2D eigenvalue weighted by atomic mass is 16.4. The zero-order valence-corrected chi connectivity index (χ0v) is 14.7. The van der Waals surface area contributed by atoms with Gasteiger partial charge in [-0.15, -0.1) is 0 Å². The van der Waals surface area contributed by atoms with Gasteiger partial charge in [-0.25, -0.2) is 0 Å². The van der Waals surface area contributed by atoms with Crippen molar-refractivity contribution < 1.29 is 24.3 Å². The number of carbonyl (C=O) groups is 2. The largest absolute Gasteiger partial charge is 0.481 e. The van der Waals surface area contributed by atoms with Crippen LogP contribution in [0.2, 0.25) is 0 Å². The SMILES string of the molecule is CCCCCCCCCC(=O)[C@](O)(CC(=O)O)C[N+](C)(C)C. The van der Waals surface area contributed by atoms with Crippen LogP contribution in [0.3, 0.4) is 0 Å². The molecule has 0 aliphatic carbocycles. The number of hydrogen-bond acceptors (Lipinski definition) is 3. The van der Waals surface area contributed by atoms with Gasteiger partial charge in [0.15, 0.2) is 11.4 Å². The first-order valence-electron chi connectivity index (χ1n) is 8.38. The third-order valence-electron chi connectivity index (χ3n) is 3.71. The van der Waals surface area contributed by atoms with Crippen molar-refractivity contribution in [1.29, 1.82) is 0 Å². The molecule has 0 aromatic carbocycles. The molecule has 0 rings (SSSR count). The molecule has 0 heterocycles. The van der Waals surface area contributed by atoms with Crippen LogP contribution < -0.4 is 0 Å². The molecule has 22 heavy (non-hydrogen) atoms. The predicted octanol–water partition coefficient (Wildman–Crippen LogP) is 2.61. The van der Waals surface area contributed by atoms with E-state index >= 15 is 0 Å². The Hall–Kier alpha value is -0.940. The van der Waals surface area contributed by atoms with E-state index in [2.05, 4.69) is 6.92 Å². The van der Waals surface area contributed by atoms with Crippen molar-refractivity contribution >= 4 is 11.8 Å². The zero-order valence-electron chi connectivity index (χ0n) is 14.7. The summed E-state index contributed by atoms with van der Waals surface area (Å²) in [4.78, 5) is 23.3. The van der Waals surface area contributed by atoms with Crippen molar-refractivity contribution in [3.8, 4) is 0 Å². The van der Waals surface area contributed by atoms with Gasteiger partial charge in [0.25, 0.3) is 0 Å². The molecule has 1 atom stereocenters. The second-order valence-corrected chi connectivity index (χ2v) is 7.35. The zero-order chi connectivity index (χ0) is 17.2. The number of unbranched alkanes of at least 4 members (excludes halogenated alkanes) is 6. The Bertz CT molecular complexity index is 349. The third-order valence-corrected chi connectivity index (χ3v) is 3.71. The van der Waals surface area contributed by atoms with Crippen LogP contribution >= 0.6 is 0 Å². The fraction of sp³-hybridized carbons (Fsp3) is 0.882. The highest BCUT2D eigenvalue weighted by Gasteiger charge is 2.42. The monoisotopic (exact) mass is 316 g/mol. The summed E-state index contributed by atoms with van der Waals surface area (Å²) in [6, 6.07) is 0. The second kappa shape index (κ2) is 9.95. The lowest BCUT2D eigenvalue weighted by molar-refractivity contribution is -0.875. The van der Waals surface area contributed by atoms with E-state index in [9.17, 15) is 14.7 Å². The smallest absolute Gasteiger partial charge is 0.306 e. The maximum absolute atomic E-state index is 12.3. The molecule has 2 N–H and O–H groups in total. The fourth-order valence-electron chi connectivity index (χ4n) is 2.75. The molecule has 0 saturated heterocycles. The van der Waals surface area contributed by atoms with E-state index in [4.69, 9.17) is 5.11 Å². The van der Waals surface area contributed by atoms with Crippen molar-refractivity contribution in [3.05, 3.63) is 0 Å². The van der Waals surface area contributed by atoms with Crippen molar-refractivity contribution in [3.63, 3.8) is 0 Å². The Morgan fingerprint density at radius 2 is 1.45 bits per heavy atom. The number of likely N-dealkylation sites (N-methyl/N-ethyl adjacent to an activating group) is 1. The quantitative estimate of drug-likeness (QED) is 0.404. The summed E-state index contributed by atoms with van der Waals surface area (Å²) in [6.07, 6.45) is 7.41. The standard InChI is InChI=1S/C17H33NO4/c1-5-6-7-8-9-10-11-12-15(19)17(22,13-16(20)21)14-18(2,3)4/h22H,5-14H2,1-4H3/p+1/t17-/m0/s1. The molecule has 0 amide bonds. The first-order valence-corrected chi connectivity index (χ1v) is 8.38. The van der Waals surface area contributed by atoms with Crippen molar-refractivity contribution in [2.24, 2.45) is 0 Å². The van der Waals surface area contributed by atoms with Gasteiger partial charge >= 0.3 is 5.97 Å². The summed E-state index contributed by atoms with van der Waals surface area (Å²) in [5, 5.41) is 19.5. The molecule has 0 aliphatic heterocycles. The second-order valence-electron chi connectivity index (χ2n) is 7.35. The molecule has 0 aromatic heterocycles. The van der Waals surface area contributed by atoms with Gasteiger partial charge in [-0.05, 0) is 6.42 Å². The molecule has 5 nitrogen and oxygen atoms in total. The Morgan fingerprint density at radius 1 is 0.955 bits per heavy atom. The molecule has 0 spiro atoms. The van der Waals surface area contributed by atoms with E-state index in [1.807, 2.05) is 21.1 Å². The summed E-state index contributed by atoms with van der Waals surface area (Å²) >= 11 is 0. The van der Waals surface area contributed by atoms with Gasteiger partial charge in [-0.3, -0.25) is 9.59 Å². The van der Waals surface area contributed by atoms with Crippen LogP contribution in [0, 0.1) is 0 Å². The van der Waals surface area contributed by atoms with E-state index in [1.54, 1.807) is 0 Å². The Kier molecular flexibility index (Phi) is 9.53. The van der Waals surface area contributed by atoms with Gasteiger partial charge in [0.2, 0.25) is 0 Å². The van der Waals surface area contributed by atoms with Gasteiger partial charge in [0.1, 0.15) is 6.54 Å². The van der Waals surface area contributed by atoms with Crippen LogP contribution in [0.5, 0.6) is 0 Å². The minimum atomic E-state index is -1.76. The van der Waals surface area contributed by atoms with Crippen molar-refractivity contribution in [1.82, 2.24) is 0 Å². The molecular weight excluding hydrogens is 282 g/mol. The number of rotatable bonds is 13. The summed E-state index contributed by atoms with van der Waals surface area (Å²) in [5.74, 6) is -1.47. The molecule has 0 unspecified atom stereocenters. The van der Waals surface area contributed by atoms with E-state index in [-0.39, 0.29) is 18.7 Å². The molecule has 0 radical (unpaired) electrons. The number of aliphatic carboxylic acids is 1. The minimum Gasteiger partial charge on any atom is -0.481 e. The minimum absolute atomic E-state index is 0.120. The predicted molar refractivity (Wildman–Crippen MR) is 87.7 cm³/mol. The number of aliphatic hydroxyl groups is 1. The molecule has 0 aliphatic rings. The van der Waals surface area contributed by atoms with Crippen LogP contribution in [-0.4, -0.2) is 59.7 Å². The molecule has 5 heteroatoms. The molecule has 130 valence electrons. The molecule has 0 saturated carbocycles. The highest BCUT2D eigenvalue weighted by molar-refractivity contribution is 5.90. The lowest BCUT2D eigenvalue weighted by Crippen LogP contribution is -2.54. The number of hydrogen-bond donors (Lipinski definition) is 2. The maximum Gasteiger partial charge on any atom is 0.306 e. The van der Waals surface area contributed by atoms with Gasteiger partial charge in [0.05, 0.1) is 27.6 Å². The summed E-state index contributed by atoms with van der Waals surface area (Å²) < 4.78 is 0.354. The Labute approximate surface area is 134 Å². The lowest BCUT2D eigenvalue weighted by Gasteiger charge is -2.33. The van der Waals surface area contributed by atoms with E-state index in [0.717, 1.165) is 19.3 Å². The molecule has 0 fully saturated rings. The van der Waals surface area contributed by atoms with Crippen LogP contribution in [0.15, 0.2) is 0 Å². The number of Topliss-reactive ketones (excluding diaryl/α,β-unsaturated/α-hetero) is 1. The van der Waals surface area contributed by atoms with Gasteiger partial charge in [0, 0.05) is 6.42 Å². The molecular formula is C17H34NO4+. The van der Waals surface area contributed by atoms with Crippen LogP contribution in [0.4, 0.5) is 0 Å².